The molecular formula is C9H10O. The van der Waals surface area contributed by atoms with Gasteiger partial charge in [-0.1, -0.05) is 30.4 Å². The zero-order valence-electron chi connectivity index (χ0n) is 5.73. The Bertz CT molecular complexity index is 163. The molecule has 0 aromatic heterocycles. The lowest BCUT2D eigenvalue weighted by atomic mass is 10.4. The molecule has 0 aromatic carbocycles. The molecule has 1 rings (SSSR count). The van der Waals surface area contributed by atoms with E-state index in [0.29, 0.717) is 6.61 Å². The van der Waals surface area contributed by atoms with Crippen molar-refractivity contribution in [2.45, 2.75) is 0 Å². The topological polar surface area (TPSA) is 9.23 Å². The van der Waals surface area contributed by atoms with E-state index in [-0.39, 0.29) is 0 Å². The molecule has 0 unspecified atom stereocenters. The number of hydrogen-bond donors (Lipinski definition) is 0. The minimum Gasteiger partial charge on any atom is -0.497 e. The van der Waals surface area contributed by atoms with Gasteiger partial charge in [-0.2, -0.15) is 0 Å². The van der Waals surface area contributed by atoms with Crippen molar-refractivity contribution in [3.63, 3.8) is 0 Å². The first-order valence-corrected chi connectivity index (χ1v) is 3.27. The summed E-state index contributed by atoms with van der Waals surface area (Å²) in [5, 5.41) is 0. The van der Waals surface area contributed by atoms with Crippen LogP contribution in [0.25, 0.3) is 0 Å². The van der Waals surface area contributed by atoms with Gasteiger partial charge in [0.15, 0.2) is 0 Å². The van der Waals surface area contributed by atoms with E-state index in [2.05, 4.69) is 0 Å². The van der Waals surface area contributed by atoms with Crippen molar-refractivity contribution in [3.8, 4) is 0 Å². The van der Waals surface area contributed by atoms with E-state index in [0.717, 1.165) is 0 Å². The van der Waals surface area contributed by atoms with E-state index >= 15 is 0 Å². The van der Waals surface area contributed by atoms with Gasteiger partial charge in [0, 0.05) is 0 Å². The molecule has 0 saturated heterocycles. The lowest BCUT2D eigenvalue weighted by molar-refractivity contribution is 0.290. The second kappa shape index (κ2) is 4.62. The third-order valence-electron chi connectivity index (χ3n) is 1.06. The zero-order chi connectivity index (χ0) is 7.07. The summed E-state index contributed by atoms with van der Waals surface area (Å²) in [6, 6.07) is 0. The maximum atomic E-state index is 5.06. The fraction of sp³-hybridized carbons (Fsp3) is 0.111. The molecule has 1 nitrogen and oxygen atoms in total. The van der Waals surface area contributed by atoms with Crippen LogP contribution in [0.2, 0.25) is 0 Å². The Morgan fingerprint density at radius 1 is 0.800 bits per heavy atom. The molecule has 1 heteroatoms. The number of rotatable bonds is 0. The average Bonchev–Trinajstić information content (AvgIpc) is 2.01. The SMILES string of the molecule is C1=C\C=C\CO\C=C/C=C/1. The van der Waals surface area contributed by atoms with E-state index in [1.807, 2.05) is 42.5 Å². The fourth-order valence-electron chi connectivity index (χ4n) is 0.603. The first-order chi connectivity index (χ1) is 5.00. The summed E-state index contributed by atoms with van der Waals surface area (Å²) in [5.74, 6) is 0. The van der Waals surface area contributed by atoms with Crippen LogP contribution in [0.5, 0.6) is 0 Å². The minimum absolute atomic E-state index is 0.648. The van der Waals surface area contributed by atoms with E-state index in [1.54, 1.807) is 6.26 Å². The Hall–Kier alpha value is -1.24. The average molecular weight is 134 g/mol. The lowest BCUT2D eigenvalue weighted by Gasteiger charge is -1.91. The molecule has 0 N–H and O–H groups in total. The smallest absolute Gasteiger partial charge is 0.106 e. The van der Waals surface area contributed by atoms with Crippen molar-refractivity contribution in [2.24, 2.45) is 0 Å². The third-order valence-corrected chi connectivity index (χ3v) is 1.06. The molecule has 0 radical (unpaired) electrons. The standard InChI is InChI=1S/C9H10O/c1-2-4-6-8-10-9-7-5-3-1/h1-8H,9H2/b3-1-,4-2+,7-5+,8-6-. The van der Waals surface area contributed by atoms with Gasteiger partial charge in [0.05, 0.1) is 6.26 Å². The first-order valence-electron chi connectivity index (χ1n) is 3.27. The largest absolute Gasteiger partial charge is 0.497 e. The van der Waals surface area contributed by atoms with Gasteiger partial charge < -0.3 is 4.74 Å². The third kappa shape index (κ3) is 2.92. The molecule has 0 aromatic rings. The molecule has 1 aliphatic heterocycles. The van der Waals surface area contributed by atoms with Crippen molar-refractivity contribution >= 4 is 0 Å². The monoisotopic (exact) mass is 134 g/mol. The number of allylic oxidation sites excluding steroid dienone is 6. The number of ether oxygens (including phenoxy) is 1. The van der Waals surface area contributed by atoms with Crippen LogP contribution in [0.1, 0.15) is 0 Å². The summed E-state index contributed by atoms with van der Waals surface area (Å²) in [4.78, 5) is 0. The Labute approximate surface area is 61.0 Å². The molecule has 1 aliphatic rings. The molecule has 0 bridgehead atoms. The van der Waals surface area contributed by atoms with E-state index in [4.69, 9.17) is 4.74 Å². The molecule has 0 aliphatic carbocycles. The lowest BCUT2D eigenvalue weighted by Crippen LogP contribution is -1.79. The highest BCUT2D eigenvalue weighted by atomic mass is 16.5. The van der Waals surface area contributed by atoms with Crippen LogP contribution >= 0.6 is 0 Å². The quantitative estimate of drug-likeness (QED) is 0.493. The van der Waals surface area contributed by atoms with Crippen LogP contribution in [-0.2, 0) is 4.74 Å². The van der Waals surface area contributed by atoms with Gasteiger partial charge in [-0.3, -0.25) is 0 Å². The van der Waals surface area contributed by atoms with Gasteiger partial charge in [0.25, 0.3) is 0 Å². The molecular weight excluding hydrogens is 124 g/mol. The van der Waals surface area contributed by atoms with Gasteiger partial charge in [0.2, 0.25) is 0 Å². The highest BCUT2D eigenvalue weighted by molar-refractivity contribution is 5.15. The predicted molar refractivity (Wildman–Crippen MR) is 42.5 cm³/mol. The summed E-state index contributed by atoms with van der Waals surface area (Å²) >= 11 is 0. The van der Waals surface area contributed by atoms with E-state index < -0.39 is 0 Å². The molecule has 0 fully saturated rings. The van der Waals surface area contributed by atoms with Crippen molar-refractivity contribution in [2.75, 3.05) is 6.61 Å². The van der Waals surface area contributed by atoms with Crippen LogP contribution in [0, 0.1) is 0 Å². The van der Waals surface area contributed by atoms with Crippen molar-refractivity contribution in [1.29, 1.82) is 0 Å². The summed E-state index contributed by atoms with van der Waals surface area (Å²) in [7, 11) is 0. The van der Waals surface area contributed by atoms with Crippen LogP contribution in [0.15, 0.2) is 48.8 Å². The van der Waals surface area contributed by atoms with Crippen LogP contribution < -0.4 is 0 Å². The Kier molecular flexibility index (Phi) is 3.18. The molecule has 0 atom stereocenters. The highest BCUT2D eigenvalue weighted by Gasteiger charge is 1.72. The van der Waals surface area contributed by atoms with Crippen LogP contribution in [0.4, 0.5) is 0 Å². The maximum absolute atomic E-state index is 5.06. The second-order valence-corrected chi connectivity index (χ2v) is 1.86. The highest BCUT2D eigenvalue weighted by Crippen LogP contribution is 1.87. The minimum atomic E-state index is 0.648. The van der Waals surface area contributed by atoms with Gasteiger partial charge in [-0.05, 0) is 12.2 Å². The molecule has 0 saturated carbocycles. The van der Waals surface area contributed by atoms with E-state index in [9.17, 15) is 0 Å². The molecule has 52 valence electrons. The van der Waals surface area contributed by atoms with Crippen LogP contribution in [0.3, 0.4) is 0 Å². The summed E-state index contributed by atoms with van der Waals surface area (Å²) in [6.07, 6.45) is 15.3. The molecule has 10 heavy (non-hydrogen) atoms. The summed E-state index contributed by atoms with van der Waals surface area (Å²) in [6.45, 7) is 0.648. The Morgan fingerprint density at radius 2 is 1.50 bits per heavy atom. The molecule has 0 amide bonds. The first kappa shape index (κ1) is 6.87. The summed E-state index contributed by atoms with van der Waals surface area (Å²) < 4.78 is 5.06. The Balaban J connectivity index is 2.53. The molecule has 1 heterocycles. The van der Waals surface area contributed by atoms with Gasteiger partial charge >= 0.3 is 0 Å². The summed E-state index contributed by atoms with van der Waals surface area (Å²) in [5.41, 5.74) is 0. The van der Waals surface area contributed by atoms with Crippen LogP contribution in [-0.4, -0.2) is 6.61 Å². The van der Waals surface area contributed by atoms with Crippen molar-refractivity contribution in [1.82, 2.24) is 0 Å². The van der Waals surface area contributed by atoms with Gasteiger partial charge in [-0.15, -0.1) is 0 Å². The second-order valence-electron chi connectivity index (χ2n) is 1.86. The van der Waals surface area contributed by atoms with E-state index in [1.165, 1.54) is 0 Å². The Morgan fingerprint density at radius 3 is 2.40 bits per heavy atom. The van der Waals surface area contributed by atoms with Crippen molar-refractivity contribution < 1.29 is 4.74 Å². The zero-order valence-corrected chi connectivity index (χ0v) is 5.73. The maximum Gasteiger partial charge on any atom is 0.106 e. The van der Waals surface area contributed by atoms with Crippen molar-refractivity contribution in [3.05, 3.63) is 48.8 Å². The number of hydrogen-bond acceptors (Lipinski definition) is 1. The fourth-order valence-corrected chi connectivity index (χ4v) is 0.603. The van der Waals surface area contributed by atoms with Gasteiger partial charge in [0.1, 0.15) is 6.61 Å². The van der Waals surface area contributed by atoms with Gasteiger partial charge in [-0.25, -0.2) is 0 Å². The molecule has 0 spiro atoms. The normalized spacial score (nSPS) is 29.6. The predicted octanol–water partition coefficient (Wildman–Crippen LogP) is 2.20.